The summed E-state index contributed by atoms with van der Waals surface area (Å²) >= 11 is 12.2. The van der Waals surface area contributed by atoms with Crippen molar-refractivity contribution in [3.8, 4) is 0 Å². The van der Waals surface area contributed by atoms with Gasteiger partial charge in [0.15, 0.2) is 0 Å². The molecular weight excluding hydrogens is 295 g/mol. The number of H-pyrrole nitrogens is 2. The predicted molar refractivity (Wildman–Crippen MR) is 84.0 cm³/mol. The van der Waals surface area contributed by atoms with Crippen LogP contribution in [0.5, 0.6) is 0 Å². The number of hydrogen-bond acceptors (Lipinski definition) is 1. The van der Waals surface area contributed by atoms with Crippen LogP contribution in [0.4, 0.5) is 0 Å². The average molecular weight is 303 g/mol. The van der Waals surface area contributed by atoms with E-state index in [-0.39, 0.29) is 5.56 Å². The van der Waals surface area contributed by atoms with E-state index in [2.05, 4.69) is 9.97 Å². The number of para-hydroxylation sites is 1. The van der Waals surface area contributed by atoms with Crippen molar-refractivity contribution in [2.24, 2.45) is 0 Å². The van der Waals surface area contributed by atoms with Gasteiger partial charge in [0.2, 0.25) is 0 Å². The molecule has 4 aromatic rings. The lowest BCUT2D eigenvalue weighted by molar-refractivity contribution is 1.35. The highest BCUT2D eigenvalue weighted by Gasteiger charge is 2.13. The Labute approximate surface area is 123 Å². The van der Waals surface area contributed by atoms with Crippen molar-refractivity contribution in [2.45, 2.75) is 0 Å². The fraction of sp³-hybridized carbons (Fsp3) is 0. The monoisotopic (exact) mass is 302 g/mol. The number of aromatic amines is 2. The highest BCUT2D eigenvalue weighted by molar-refractivity contribution is 6.39. The zero-order valence-corrected chi connectivity index (χ0v) is 11.6. The zero-order valence-electron chi connectivity index (χ0n) is 10.1. The smallest absolute Gasteiger partial charge is 0.258 e. The van der Waals surface area contributed by atoms with Crippen molar-refractivity contribution in [3.63, 3.8) is 0 Å². The molecule has 2 aromatic carbocycles. The summed E-state index contributed by atoms with van der Waals surface area (Å²) < 4.78 is 0. The largest absolute Gasteiger partial charge is 0.354 e. The second-order valence-electron chi connectivity index (χ2n) is 4.68. The van der Waals surface area contributed by atoms with E-state index in [0.29, 0.717) is 20.9 Å². The second-order valence-corrected chi connectivity index (χ2v) is 5.53. The molecule has 98 valence electrons. The van der Waals surface area contributed by atoms with Crippen molar-refractivity contribution in [1.29, 1.82) is 0 Å². The highest BCUT2D eigenvalue weighted by atomic mass is 35.5. The first-order valence-corrected chi connectivity index (χ1v) is 6.82. The van der Waals surface area contributed by atoms with Gasteiger partial charge in [0.25, 0.3) is 5.56 Å². The summed E-state index contributed by atoms with van der Waals surface area (Å²) in [4.78, 5) is 18.5. The molecule has 20 heavy (non-hydrogen) atoms. The lowest BCUT2D eigenvalue weighted by atomic mass is 10.1. The van der Waals surface area contributed by atoms with Gasteiger partial charge in [-0.2, -0.15) is 0 Å². The van der Waals surface area contributed by atoms with Gasteiger partial charge in [0.05, 0.1) is 21.4 Å². The van der Waals surface area contributed by atoms with Gasteiger partial charge in [-0.25, -0.2) is 0 Å². The van der Waals surface area contributed by atoms with E-state index in [4.69, 9.17) is 23.2 Å². The Balaban J connectivity index is 2.39. The van der Waals surface area contributed by atoms with Gasteiger partial charge in [0.1, 0.15) is 0 Å². The third-order valence-electron chi connectivity index (χ3n) is 3.50. The third kappa shape index (κ3) is 1.51. The van der Waals surface area contributed by atoms with Gasteiger partial charge in [-0.15, -0.1) is 0 Å². The van der Waals surface area contributed by atoms with Gasteiger partial charge < -0.3 is 9.97 Å². The minimum absolute atomic E-state index is 0.158. The summed E-state index contributed by atoms with van der Waals surface area (Å²) in [6.45, 7) is 0. The summed E-state index contributed by atoms with van der Waals surface area (Å²) in [5, 5.41) is 3.31. The normalized spacial score (nSPS) is 11.7. The van der Waals surface area contributed by atoms with E-state index in [1.165, 1.54) is 0 Å². The molecule has 5 heteroatoms. The van der Waals surface area contributed by atoms with Crippen molar-refractivity contribution in [2.75, 3.05) is 0 Å². The van der Waals surface area contributed by atoms with Crippen molar-refractivity contribution < 1.29 is 0 Å². The predicted octanol–water partition coefficient (Wildman–Crippen LogP) is 4.47. The summed E-state index contributed by atoms with van der Waals surface area (Å²) in [5.41, 5.74) is 2.11. The molecule has 4 rings (SSSR count). The van der Waals surface area contributed by atoms with E-state index >= 15 is 0 Å². The highest BCUT2D eigenvalue weighted by Crippen LogP contribution is 2.32. The number of pyridine rings is 1. The van der Waals surface area contributed by atoms with Crippen LogP contribution in [0.15, 0.2) is 41.2 Å². The first kappa shape index (κ1) is 11.8. The first-order chi connectivity index (χ1) is 9.65. The van der Waals surface area contributed by atoms with Crippen LogP contribution in [0.2, 0.25) is 10.0 Å². The van der Waals surface area contributed by atoms with E-state index in [1.54, 1.807) is 12.1 Å². The molecular formula is C15H8Cl2N2O. The molecule has 0 fully saturated rings. The van der Waals surface area contributed by atoms with Gasteiger partial charge in [0, 0.05) is 21.3 Å². The third-order valence-corrected chi connectivity index (χ3v) is 4.01. The van der Waals surface area contributed by atoms with Gasteiger partial charge in [-0.1, -0.05) is 41.4 Å². The van der Waals surface area contributed by atoms with Crippen LogP contribution in [0.3, 0.4) is 0 Å². The number of aromatic nitrogens is 2. The Kier molecular flexibility index (Phi) is 2.37. The van der Waals surface area contributed by atoms with Crippen molar-refractivity contribution >= 4 is 55.9 Å². The minimum atomic E-state index is -0.158. The maximum atomic E-state index is 12.3. The van der Waals surface area contributed by atoms with Crippen molar-refractivity contribution in [1.82, 2.24) is 9.97 Å². The standard InChI is InChI=1S/C15H8Cl2N2O/c16-7-5-9-13(10(17)6-7)19-15(20)12-8-3-1-2-4-11(8)18-14(9)12/h1-6,18H,(H,19,20). The van der Waals surface area contributed by atoms with E-state index in [1.807, 2.05) is 24.3 Å². The minimum Gasteiger partial charge on any atom is -0.354 e. The maximum absolute atomic E-state index is 12.3. The molecule has 2 N–H and O–H groups in total. The number of rotatable bonds is 0. The number of nitrogens with one attached hydrogen (secondary N) is 2. The van der Waals surface area contributed by atoms with Gasteiger partial charge in [-0.3, -0.25) is 4.79 Å². The Morgan fingerprint density at radius 2 is 1.70 bits per heavy atom. The summed E-state index contributed by atoms with van der Waals surface area (Å²) in [6.07, 6.45) is 0. The van der Waals surface area contributed by atoms with E-state index in [0.717, 1.165) is 21.8 Å². The van der Waals surface area contributed by atoms with E-state index < -0.39 is 0 Å². The summed E-state index contributed by atoms with van der Waals surface area (Å²) in [6, 6.07) is 11.1. The molecule has 2 heterocycles. The molecule has 0 saturated carbocycles. The van der Waals surface area contributed by atoms with Gasteiger partial charge in [-0.05, 0) is 18.2 Å². The Hall–Kier alpha value is -1.97. The lowest BCUT2D eigenvalue weighted by Crippen LogP contribution is -2.05. The molecule has 0 spiro atoms. The van der Waals surface area contributed by atoms with Crippen LogP contribution in [-0.4, -0.2) is 9.97 Å². The molecule has 0 aliphatic rings. The van der Waals surface area contributed by atoms with E-state index in [9.17, 15) is 4.79 Å². The number of benzene rings is 2. The summed E-state index contributed by atoms with van der Waals surface area (Å²) in [5.74, 6) is 0. The fourth-order valence-corrected chi connectivity index (χ4v) is 3.19. The zero-order chi connectivity index (χ0) is 13.9. The maximum Gasteiger partial charge on any atom is 0.258 e. The van der Waals surface area contributed by atoms with Crippen LogP contribution in [0.1, 0.15) is 0 Å². The number of hydrogen-bond donors (Lipinski definition) is 2. The SMILES string of the molecule is O=c1[nH]c2c(Cl)cc(Cl)cc2c2[nH]c3ccccc3c12. The average Bonchev–Trinajstić information content (AvgIpc) is 2.80. The molecule has 0 aliphatic carbocycles. The Morgan fingerprint density at radius 3 is 2.55 bits per heavy atom. The molecule has 0 amide bonds. The van der Waals surface area contributed by atoms with Crippen molar-refractivity contribution in [3.05, 3.63) is 56.8 Å². The molecule has 0 radical (unpaired) electrons. The first-order valence-electron chi connectivity index (χ1n) is 6.06. The molecule has 0 aliphatic heterocycles. The molecule has 0 bridgehead atoms. The molecule has 2 aromatic heterocycles. The van der Waals surface area contributed by atoms with Crippen LogP contribution in [0, 0.1) is 0 Å². The van der Waals surface area contributed by atoms with Crippen LogP contribution >= 0.6 is 23.2 Å². The van der Waals surface area contributed by atoms with Crippen LogP contribution < -0.4 is 5.56 Å². The van der Waals surface area contributed by atoms with Crippen LogP contribution in [-0.2, 0) is 0 Å². The molecule has 0 unspecified atom stereocenters. The number of halogens is 2. The number of fused-ring (bicyclic) bond motifs is 5. The molecule has 3 nitrogen and oxygen atoms in total. The second kappa shape index (κ2) is 4.01. The quantitative estimate of drug-likeness (QED) is 0.495. The Bertz CT molecular complexity index is 1050. The molecule has 0 atom stereocenters. The topological polar surface area (TPSA) is 48.6 Å². The van der Waals surface area contributed by atoms with Gasteiger partial charge >= 0.3 is 0 Å². The lowest BCUT2D eigenvalue weighted by Gasteiger charge is -2.03. The summed E-state index contributed by atoms with van der Waals surface area (Å²) in [7, 11) is 0. The van der Waals surface area contributed by atoms with Crippen LogP contribution in [0.25, 0.3) is 32.7 Å². The molecule has 0 saturated heterocycles. The fourth-order valence-electron chi connectivity index (χ4n) is 2.65. The Morgan fingerprint density at radius 1 is 0.900 bits per heavy atom.